The summed E-state index contributed by atoms with van der Waals surface area (Å²) in [6.07, 6.45) is 0. The molecule has 1 N–H and O–H groups in total. The van der Waals surface area contributed by atoms with Crippen LogP contribution in [0.15, 0.2) is 106 Å². The molecule has 0 saturated heterocycles. The van der Waals surface area contributed by atoms with Crippen molar-refractivity contribution < 1.29 is 35.7 Å². The number of hydrogen-bond acceptors (Lipinski definition) is 5. The zero-order chi connectivity index (χ0) is 28.4. The summed E-state index contributed by atoms with van der Waals surface area (Å²) in [5, 5.41) is 3.05. The molecule has 0 radical (unpaired) electrons. The summed E-state index contributed by atoms with van der Waals surface area (Å²) in [6, 6.07) is 30.3. The van der Waals surface area contributed by atoms with Crippen molar-refractivity contribution in [3.63, 3.8) is 0 Å². The first kappa shape index (κ1) is 28.2. The molecule has 5 rings (SSSR count). The van der Waals surface area contributed by atoms with Crippen molar-refractivity contribution in [2.75, 3.05) is 5.32 Å². The van der Waals surface area contributed by atoms with E-state index >= 15 is 0 Å². The summed E-state index contributed by atoms with van der Waals surface area (Å²) in [5.41, 5.74) is -2.05. The van der Waals surface area contributed by atoms with Gasteiger partial charge in [-0.25, -0.2) is 8.42 Å². The van der Waals surface area contributed by atoms with Crippen LogP contribution in [0.4, 0.5) is 18.9 Å². The highest BCUT2D eigenvalue weighted by Gasteiger charge is 2.40. The fourth-order valence-corrected chi connectivity index (χ4v) is 6.21. The van der Waals surface area contributed by atoms with Gasteiger partial charge in [-0.2, -0.15) is 13.2 Å². The maximum absolute atomic E-state index is 12.7. The van der Waals surface area contributed by atoms with Gasteiger partial charge < -0.3 is 14.6 Å². The lowest BCUT2D eigenvalue weighted by Crippen LogP contribution is -2.21. The van der Waals surface area contributed by atoms with Crippen LogP contribution in [-0.2, 0) is 21.0 Å². The first-order valence-corrected chi connectivity index (χ1v) is 14.1. The summed E-state index contributed by atoms with van der Waals surface area (Å²) in [6.45, 7) is 4.05. The fourth-order valence-electron chi connectivity index (χ4n) is 3.86. The Morgan fingerprint density at radius 2 is 1.31 bits per heavy atom. The van der Waals surface area contributed by atoms with Gasteiger partial charge in [0.1, 0.15) is 10.9 Å². The molecule has 6 nitrogen and oxygen atoms in total. The number of rotatable bonds is 3. The average Bonchev–Trinajstić information content (AvgIpc) is 2.87. The number of alkyl halides is 3. The molecule has 0 fully saturated rings. The molecule has 1 aliphatic heterocycles. The van der Waals surface area contributed by atoms with Gasteiger partial charge >= 0.3 is 5.51 Å². The third kappa shape index (κ3) is 6.27. The number of halogens is 3. The van der Waals surface area contributed by atoms with Crippen molar-refractivity contribution in [2.24, 2.45) is 0 Å². The SMILES string of the molecule is Cc1ccccc1C(=O)Nc1ccc([S+]2c3ccccc3Oc3ccccc32)c(C)c1.O=S(=O)([O-])C(F)(F)F. The van der Waals surface area contributed by atoms with Gasteiger partial charge in [-0.15, -0.1) is 0 Å². The molecule has 0 aromatic heterocycles. The maximum Gasteiger partial charge on any atom is 0.485 e. The first-order chi connectivity index (χ1) is 18.4. The molecule has 4 aromatic rings. The van der Waals surface area contributed by atoms with Gasteiger partial charge in [0.2, 0.25) is 9.79 Å². The zero-order valence-electron chi connectivity index (χ0n) is 20.7. The topological polar surface area (TPSA) is 95.5 Å². The van der Waals surface area contributed by atoms with E-state index in [0.717, 1.165) is 28.3 Å². The lowest BCUT2D eigenvalue weighted by Gasteiger charge is -2.20. The highest BCUT2D eigenvalue weighted by atomic mass is 32.2. The summed E-state index contributed by atoms with van der Waals surface area (Å²) >= 11 is 0. The van der Waals surface area contributed by atoms with Crippen molar-refractivity contribution in [1.82, 2.24) is 0 Å². The van der Waals surface area contributed by atoms with E-state index in [1.165, 1.54) is 14.7 Å². The highest BCUT2D eigenvalue weighted by Crippen LogP contribution is 2.47. The van der Waals surface area contributed by atoms with Crippen molar-refractivity contribution in [2.45, 2.75) is 34.0 Å². The molecular weight excluding hydrogens is 551 g/mol. The number of nitrogens with one attached hydrogen (secondary N) is 1. The number of anilines is 1. The minimum atomic E-state index is -6.09. The molecule has 1 heterocycles. The van der Waals surface area contributed by atoms with Gasteiger partial charge in [0, 0.05) is 16.8 Å². The number of para-hydroxylation sites is 2. The van der Waals surface area contributed by atoms with E-state index in [4.69, 9.17) is 17.7 Å². The van der Waals surface area contributed by atoms with Crippen LogP contribution in [0, 0.1) is 13.8 Å². The Kier molecular flexibility index (Phi) is 8.05. The number of amides is 1. The van der Waals surface area contributed by atoms with E-state index in [1.807, 2.05) is 61.5 Å². The molecule has 0 atom stereocenters. The number of carbonyl (C=O) groups is 1. The monoisotopic (exact) mass is 573 g/mol. The zero-order valence-corrected chi connectivity index (χ0v) is 22.3. The Balaban J connectivity index is 0.000000386. The number of ether oxygens (including phenoxy) is 1. The van der Waals surface area contributed by atoms with Crippen molar-refractivity contribution in [3.8, 4) is 11.5 Å². The number of carbonyl (C=O) groups excluding carboxylic acids is 1. The second-order valence-electron chi connectivity index (χ2n) is 8.45. The van der Waals surface area contributed by atoms with Gasteiger partial charge in [0.05, 0.1) is 0 Å². The number of aryl methyl sites for hydroxylation is 2. The second kappa shape index (κ2) is 11.1. The molecule has 0 unspecified atom stereocenters. The summed E-state index contributed by atoms with van der Waals surface area (Å²) in [5.74, 6) is 1.72. The van der Waals surface area contributed by atoms with Gasteiger partial charge in [0.15, 0.2) is 26.5 Å². The van der Waals surface area contributed by atoms with Gasteiger partial charge in [-0.1, -0.05) is 42.5 Å². The van der Waals surface area contributed by atoms with Gasteiger partial charge in [-0.05, 0) is 67.9 Å². The molecule has 39 heavy (non-hydrogen) atoms. The summed E-state index contributed by atoms with van der Waals surface area (Å²) in [4.78, 5) is 16.3. The lowest BCUT2D eigenvalue weighted by molar-refractivity contribution is -0.0517. The molecule has 0 bridgehead atoms. The Bertz CT molecular complexity index is 1590. The van der Waals surface area contributed by atoms with E-state index in [1.54, 1.807) is 0 Å². The summed E-state index contributed by atoms with van der Waals surface area (Å²) in [7, 11) is -6.36. The van der Waals surface area contributed by atoms with Crippen LogP contribution < -0.4 is 10.1 Å². The molecule has 1 amide bonds. The maximum atomic E-state index is 12.7. The number of hydrogen-bond donors (Lipinski definition) is 1. The van der Waals surface area contributed by atoms with Crippen LogP contribution >= 0.6 is 0 Å². The standard InChI is InChI=1S/C27H21NO2S.CHF3O3S/c1-18-9-3-4-10-21(18)27(29)28-20-15-16-24(19(2)17-20)31-25-13-7-5-11-22(25)30-23-12-6-8-14-26(23)31;2-1(3,4)8(5,6)7/h3-17H,1-2H3;(H,5,6,7). The largest absolute Gasteiger partial charge is 0.741 e. The number of fused-ring (bicyclic) bond motifs is 2. The predicted octanol–water partition coefficient (Wildman–Crippen LogP) is 6.81. The Morgan fingerprint density at radius 1 is 0.795 bits per heavy atom. The van der Waals surface area contributed by atoms with Crippen LogP contribution in [0.25, 0.3) is 0 Å². The highest BCUT2D eigenvalue weighted by molar-refractivity contribution is 7.97. The molecule has 0 aliphatic carbocycles. The third-order valence-corrected chi connectivity index (χ3v) is 8.70. The Morgan fingerprint density at radius 3 is 1.82 bits per heavy atom. The fraction of sp³-hybridized carbons (Fsp3) is 0.107. The molecule has 4 aromatic carbocycles. The third-order valence-electron chi connectivity index (χ3n) is 5.68. The minimum Gasteiger partial charge on any atom is -0.741 e. The van der Waals surface area contributed by atoms with E-state index < -0.39 is 15.6 Å². The molecular formula is C28H22F3NO5S2. The summed E-state index contributed by atoms with van der Waals surface area (Å²) < 4.78 is 65.1. The van der Waals surface area contributed by atoms with E-state index in [0.29, 0.717) is 5.56 Å². The van der Waals surface area contributed by atoms with Crippen LogP contribution in [0.2, 0.25) is 0 Å². The Hall–Kier alpha value is -3.80. The first-order valence-electron chi connectivity index (χ1n) is 11.5. The predicted molar refractivity (Wildman–Crippen MR) is 141 cm³/mol. The van der Waals surface area contributed by atoms with E-state index in [9.17, 15) is 18.0 Å². The van der Waals surface area contributed by atoms with Crippen molar-refractivity contribution >= 4 is 32.6 Å². The van der Waals surface area contributed by atoms with Crippen LogP contribution in [-0.4, -0.2) is 24.4 Å². The molecule has 0 saturated carbocycles. The normalized spacial score (nSPS) is 12.8. The molecule has 1 aliphatic rings. The van der Waals surface area contributed by atoms with Gasteiger partial charge in [0.25, 0.3) is 5.91 Å². The second-order valence-corrected chi connectivity index (χ2v) is 11.8. The van der Waals surface area contributed by atoms with Gasteiger partial charge in [-0.3, -0.25) is 4.79 Å². The molecule has 11 heteroatoms. The lowest BCUT2D eigenvalue weighted by atomic mass is 10.1. The van der Waals surface area contributed by atoms with Crippen LogP contribution in [0.5, 0.6) is 11.5 Å². The molecule has 202 valence electrons. The van der Waals surface area contributed by atoms with Crippen molar-refractivity contribution in [3.05, 3.63) is 108 Å². The van der Waals surface area contributed by atoms with Crippen LogP contribution in [0.1, 0.15) is 21.5 Å². The van der Waals surface area contributed by atoms with E-state index in [-0.39, 0.29) is 16.8 Å². The minimum absolute atomic E-state index is 0.0885. The quantitative estimate of drug-likeness (QED) is 0.145. The average molecular weight is 574 g/mol. The van der Waals surface area contributed by atoms with Crippen LogP contribution in [0.3, 0.4) is 0 Å². The molecule has 0 spiro atoms. The van der Waals surface area contributed by atoms with Crippen molar-refractivity contribution in [1.29, 1.82) is 0 Å². The number of benzene rings is 4. The smallest absolute Gasteiger partial charge is 0.485 e. The Labute approximate surface area is 226 Å². The van der Waals surface area contributed by atoms with E-state index in [2.05, 4.69) is 48.6 Å².